The van der Waals surface area contributed by atoms with Gasteiger partial charge >= 0.3 is 0 Å². The molecule has 3 nitrogen and oxygen atoms in total. The summed E-state index contributed by atoms with van der Waals surface area (Å²) in [4.78, 5) is 5.33. The Labute approximate surface area is 226 Å². The summed E-state index contributed by atoms with van der Waals surface area (Å²) in [5.74, 6) is 1.54. The Hall–Kier alpha value is -1.91. The van der Waals surface area contributed by atoms with Crippen LogP contribution in [0.5, 0.6) is 0 Å². The number of pyridine rings is 1. The van der Waals surface area contributed by atoms with E-state index < -0.39 is 14.4 Å². The second-order valence-corrected chi connectivity index (χ2v) is 18.9. The lowest BCUT2D eigenvalue weighted by Crippen LogP contribution is -2.41. The zero-order chi connectivity index (χ0) is 27.3. The molecule has 0 unspecified atom stereocenters. The zero-order valence-electron chi connectivity index (χ0n) is 25.0. The van der Waals surface area contributed by atoms with Crippen LogP contribution in [0.25, 0.3) is 0 Å². The molecule has 2 aliphatic rings. The molecule has 202 valence electrons. The highest BCUT2D eigenvalue weighted by Gasteiger charge is 2.43. The number of aryl methyl sites for hydroxylation is 1. The second-order valence-electron chi connectivity index (χ2n) is 14.2. The van der Waals surface area contributed by atoms with Gasteiger partial charge in [-0.25, -0.2) is 0 Å². The molecule has 0 amide bonds. The third-order valence-electron chi connectivity index (χ3n) is 9.08. The van der Waals surface area contributed by atoms with Gasteiger partial charge in [0.15, 0.2) is 0 Å². The molecule has 0 radical (unpaired) electrons. The Morgan fingerprint density at radius 1 is 1.11 bits per heavy atom. The summed E-state index contributed by atoms with van der Waals surface area (Å²) < 4.78 is 7.02. The highest BCUT2D eigenvalue weighted by atomic mass is 28.4. The first-order chi connectivity index (χ1) is 17.1. The maximum absolute atomic E-state index is 12.0. The summed E-state index contributed by atoms with van der Waals surface area (Å²) in [5, 5.41) is 12.1. The minimum Gasteiger partial charge on any atom is -0.546 e. The van der Waals surface area contributed by atoms with Gasteiger partial charge in [0, 0.05) is 22.9 Å². The lowest BCUT2D eigenvalue weighted by Gasteiger charge is -2.40. The second kappa shape index (κ2) is 10.0. The summed E-state index contributed by atoms with van der Waals surface area (Å²) in [6.45, 7) is 22.9. The topological polar surface area (TPSA) is 42.4 Å². The van der Waals surface area contributed by atoms with Crippen LogP contribution in [0.1, 0.15) is 125 Å². The Morgan fingerprint density at radius 3 is 2.35 bits per heavy atom. The number of aliphatic hydroxyl groups excluding tert-OH is 1. The number of hydrogen-bond acceptors (Lipinski definition) is 3. The lowest BCUT2D eigenvalue weighted by atomic mass is 9.71. The third kappa shape index (κ3) is 5.61. The number of aliphatic hydroxyl groups is 1. The first-order valence-corrected chi connectivity index (χ1v) is 17.2. The molecule has 1 N–H and O–H groups in total. The van der Waals surface area contributed by atoms with E-state index in [4.69, 9.17) is 9.41 Å². The smallest absolute Gasteiger partial charge is 0.250 e. The molecule has 1 aromatic heterocycles. The fraction of sp³-hybridized carbons (Fsp3) is 0.606. The van der Waals surface area contributed by atoms with Crippen molar-refractivity contribution in [2.75, 3.05) is 0 Å². The predicted octanol–water partition coefficient (Wildman–Crippen LogP) is 8.89. The normalized spacial score (nSPS) is 20.5. The third-order valence-corrected chi connectivity index (χ3v) is 13.4. The van der Waals surface area contributed by atoms with Gasteiger partial charge in [0.25, 0.3) is 0 Å². The number of aromatic nitrogens is 1. The number of hydrogen-bond donors (Lipinski definition) is 1. The molecule has 0 saturated heterocycles. The molecule has 0 saturated carbocycles. The van der Waals surface area contributed by atoms with E-state index in [-0.39, 0.29) is 22.3 Å². The largest absolute Gasteiger partial charge is 0.546 e. The van der Waals surface area contributed by atoms with Gasteiger partial charge in [-0.15, -0.1) is 0 Å². The van der Waals surface area contributed by atoms with Crippen LogP contribution < -0.4 is 0 Å². The van der Waals surface area contributed by atoms with Crippen LogP contribution >= 0.6 is 0 Å². The van der Waals surface area contributed by atoms with Gasteiger partial charge in [-0.3, -0.25) is 4.98 Å². The number of nitrogens with zero attached hydrogens (tertiary/aromatic N) is 1. The van der Waals surface area contributed by atoms with Gasteiger partial charge in [-0.05, 0) is 91.3 Å². The molecule has 1 aromatic carbocycles. The Morgan fingerprint density at radius 2 is 1.76 bits per heavy atom. The first kappa shape index (κ1) is 28.1. The molecule has 0 spiro atoms. The first-order valence-electron chi connectivity index (χ1n) is 14.3. The number of benzene rings is 1. The SMILES string of the molecule is Cc1ccc([C@@H](O)c2c(C(C)C)nc3c(c2[C@@H]2CCC=C2O[Si](C)(C)C(C)(C)C)CCC(C)(C)C3)cc1. The number of allylic oxidation sites excluding steroid dienone is 2. The van der Waals surface area contributed by atoms with E-state index in [1.807, 2.05) is 0 Å². The van der Waals surface area contributed by atoms with Crippen molar-refractivity contribution in [2.45, 2.75) is 124 Å². The Kier molecular flexibility index (Phi) is 7.60. The maximum atomic E-state index is 12.0. The zero-order valence-corrected chi connectivity index (χ0v) is 26.0. The minimum absolute atomic E-state index is 0.135. The van der Waals surface area contributed by atoms with Crippen molar-refractivity contribution in [3.8, 4) is 0 Å². The van der Waals surface area contributed by atoms with Crippen LogP contribution in [0.3, 0.4) is 0 Å². The van der Waals surface area contributed by atoms with Gasteiger partial charge in [-0.1, -0.05) is 78.3 Å². The molecule has 0 bridgehead atoms. The van der Waals surface area contributed by atoms with Crippen molar-refractivity contribution in [1.29, 1.82) is 0 Å². The molecule has 1 heterocycles. The fourth-order valence-corrected chi connectivity index (χ4v) is 6.85. The van der Waals surface area contributed by atoms with E-state index in [1.165, 1.54) is 22.4 Å². The molecular weight excluding hydrogens is 470 g/mol. The van der Waals surface area contributed by atoms with Gasteiger partial charge < -0.3 is 9.53 Å². The van der Waals surface area contributed by atoms with Crippen molar-refractivity contribution >= 4 is 8.32 Å². The van der Waals surface area contributed by atoms with E-state index in [9.17, 15) is 5.11 Å². The number of fused-ring (bicyclic) bond motifs is 1. The molecule has 2 aliphatic carbocycles. The highest BCUT2D eigenvalue weighted by Crippen LogP contribution is 2.49. The maximum Gasteiger partial charge on any atom is 0.250 e. The summed E-state index contributed by atoms with van der Waals surface area (Å²) >= 11 is 0. The lowest BCUT2D eigenvalue weighted by molar-refractivity contribution is 0.214. The van der Waals surface area contributed by atoms with Crippen LogP contribution in [-0.4, -0.2) is 18.4 Å². The predicted molar refractivity (Wildman–Crippen MR) is 158 cm³/mol. The molecule has 2 aromatic rings. The van der Waals surface area contributed by atoms with Crippen LogP contribution in [0, 0.1) is 12.3 Å². The summed E-state index contributed by atoms with van der Waals surface area (Å²) in [7, 11) is -2.00. The highest BCUT2D eigenvalue weighted by molar-refractivity contribution is 6.74. The minimum atomic E-state index is -2.00. The van der Waals surface area contributed by atoms with Crippen molar-refractivity contribution < 1.29 is 9.53 Å². The average Bonchev–Trinajstić information content (AvgIpc) is 3.23. The van der Waals surface area contributed by atoms with Crippen LogP contribution in [-0.2, 0) is 17.3 Å². The van der Waals surface area contributed by atoms with Gasteiger partial charge in [0.2, 0.25) is 8.32 Å². The summed E-state index contributed by atoms with van der Waals surface area (Å²) in [6.07, 6.45) is 6.84. The van der Waals surface area contributed by atoms with E-state index in [2.05, 4.69) is 98.8 Å². The van der Waals surface area contributed by atoms with Crippen LogP contribution in [0.4, 0.5) is 0 Å². The van der Waals surface area contributed by atoms with Crippen molar-refractivity contribution in [3.63, 3.8) is 0 Å². The van der Waals surface area contributed by atoms with Crippen molar-refractivity contribution in [2.24, 2.45) is 5.41 Å². The molecule has 4 heteroatoms. The molecule has 0 aliphatic heterocycles. The quantitative estimate of drug-likeness (QED) is 0.387. The molecule has 37 heavy (non-hydrogen) atoms. The summed E-state index contributed by atoms with van der Waals surface area (Å²) in [5.41, 5.74) is 8.42. The molecule has 2 atom stereocenters. The van der Waals surface area contributed by atoms with E-state index >= 15 is 0 Å². The van der Waals surface area contributed by atoms with E-state index in [0.29, 0.717) is 0 Å². The average molecular weight is 520 g/mol. The van der Waals surface area contributed by atoms with Crippen LogP contribution in [0.15, 0.2) is 36.1 Å². The van der Waals surface area contributed by atoms with Gasteiger partial charge in [-0.2, -0.15) is 0 Å². The van der Waals surface area contributed by atoms with Crippen molar-refractivity contribution in [3.05, 3.63) is 75.3 Å². The van der Waals surface area contributed by atoms with E-state index in [1.54, 1.807) is 0 Å². The van der Waals surface area contributed by atoms with Crippen LogP contribution in [0.2, 0.25) is 18.1 Å². The monoisotopic (exact) mass is 519 g/mol. The van der Waals surface area contributed by atoms with E-state index in [0.717, 1.165) is 54.7 Å². The van der Waals surface area contributed by atoms with Crippen molar-refractivity contribution in [1.82, 2.24) is 4.98 Å². The Bertz CT molecular complexity index is 1170. The summed E-state index contributed by atoms with van der Waals surface area (Å²) in [6, 6.07) is 8.36. The Balaban J connectivity index is 1.93. The fourth-order valence-electron chi connectivity index (χ4n) is 5.72. The molecule has 0 fully saturated rings. The molecular formula is C33H49NO2Si. The van der Waals surface area contributed by atoms with Gasteiger partial charge in [0.1, 0.15) is 6.10 Å². The standard InChI is InChI=1S/C33H49NO2Si/c1-21(2)30-29(31(35)23-16-14-22(3)15-17-23)28(24-18-19-33(7,8)20-26(24)34-30)25-12-11-13-27(25)36-37(9,10)32(4,5)6/h13-17,21,25,31,35H,11-12,18-20H2,1-10H3/t25-,31-/m1/s1. The molecule has 4 rings (SSSR count). The van der Waals surface area contributed by atoms with Gasteiger partial charge in [0.05, 0.1) is 5.76 Å². The number of rotatable bonds is 6.